The SMILES string of the molecule is CC[C@@H]1[C@@H]([C@@H](O)c2ccccc2)C(=O)CC12OCC(c1ccccc1)(c1ccccc1)CO2. The average Bonchev–Trinajstić information content (AvgIpc) is 3.16. The molecule has 1 aliphatic heterocycles. The van der Waals surface area contributed by atoms with Crippen LogP contribution < -0.4 is 0 Å². The van der Waals surface area contributed by atoms with E-state index in [0.29, 0.717) is 19.6 Å². The van der Waals surface area contributed by atoms with Gasteiger partial charge in [0.2, 0.25) is 0 Å². The lowest BCUT2D eigenvalue weighted by Gasteiger charge is -2.48. The van der Waals surface area contributed by atoms with Crippen LogP contribution in [0.2, 0.25) is 0 Å². The summed E-state index contributed by atoms with van der Waals surface area (Å²) in [7, 11) is 0. The van der Waals surface area contributed by atoms with E-state index in [-0.39, 0.29) is 18.1 Å². The van der Waals surface area contributed by atoms with E-state index in [0.717, 1.165) is 16.7 Å². The molecule has 0 amide bonds. The summed E-state index contributed by atoms with van der Waals surface area (Å²) in [6.07, 6.45) is -0.0193. The van der Waals surface area contributed by atoms with Crippen LogP contribution in [0.15, 0.2) is 91.0 Å². The fraction of sp³-hybridized carbons (Fsp3) is 0.345. The van der Waals surface area contributed by atoms with Crippen LogP contribution >= 0.6 is 0 Å². The molecule has 2 aliphatic rings. The standard InChI is InChI=1S/C29H30O4/c1-2-24-26(27(31)21-12-6-3-7-13-21)25(30)18-29(24)32-19-28(20-33-29,22-14-8-4-9-15-22)23-16-10-5-11-17-23/h3-17,24,26-27,31H,2,18-20H2,1H3/t24-,26-,27+/m1/s1. The molecule has 1 heterocycles. The molecule has 3 aromatic carbocycles. The maximum absolute atomic E-state index is 13.2. The molecule has 3 atom stereocenters. The van der Waals surface area contributed by atoms with E-state index in [1.165, 1.54) is 0 Å². The Bertz CT molecular complexity index is 1030. The minimum Gasteiger partial charge on any atom is -0.388 e. The Morgan fingerprint density at radius 2 is 1.33 bits per heavy atom. The fourth-order valence-electron chi connectivity index (χ4n) is 5.71. The summed E-state index contributed by atoms with van der Waals surface area (Å²) in [5, 5.41) is 11.1. The molecule has 1 saturated carbocycles. The fourth-order valence-corrected chi connectivity index (χ4v) is 5.71. The van der Waals surface area contributed by atoms with Crippen LogP contribution in [0.3, 0.4) is 0 Å². The highest BCUT2D eigenvalue weighted by atomic mass is 16.7. The van der Waals surface area contributed by atoms with Crippen LogP contribution in [0.4, 0.5) is 0 Å². The van der Waals surface area contributed by atoms with Gasteiger partial charge in [-0.2, -0.15) is 0 Å². The first-order valence-electron chi connectivity index (χ1n) is 11.7. The van der Waals surface area contributed by atoms with Crippen LogP contribution in [0, 0.1) is 11.8 Å². The number of carbonyl (C=O) groups excluding carboxylic acids is 1. The van der Waals surface area contributed by atoms with Crippen molar-refractivity contribution in [2.45, 2.75) is 37.1 Å². The highest BCUT2D eigenvalue weighted by Crippen LogP contribution is 2.52. The van der Waals surface area contributed by atoms with Crippen molar-refractivity contribution in [3.8, 4) is 0 Å². The normalized spacial score (nSPS) is 24.6. The lowest BCUT2D eigenvalue weighted by Crippen LogP contribution is -2.54. The van der Waals surface area contributed by atoms with Gasteiger partial charge in [-0.15, -0.1) is 0 Å². The van der Waals surface area contributed by atoms with Crippen molar-refractivity contribution >= 4 is 5.78 Å². The summed E-state index contributed by atoms with van der Waals surface area (Å²) >= 11 is 0. The zero-order valence-corrected chi connectivity index (χ0v) is 18.9. The molecule has 1 aliphatic carbocycles. The van der Waals surface area contributed by atoms with Gasteiger partial charge >= 0.3 is 0 Å². The van der Waals surface area contributed by atoms with Crippen molar-refractivity contribution in [3.63, 3.8) is 0 Å². The molecule has 1 spiro atoms. The molecule has 0 bridgehead atoms. The third-order valence-electron chi connectivity index (χ3n) is 7.49. The molecular weight excluding hydrogens is 412 g/mol. The van der Waals surface area contributed by atoms with Crippen molar-refractivity contribution in [1.29, 1.82) is 0 Å². The summed E-state index contributed by atoms with van der Waals surface area (Å²) < 4.78 is 13.2. The highest BCUT2D eigenvalue weighted by Gasteiger charge is 2.60. The van der Waals surface area contributed by atoms with Gasteiger partial charge in [0.15, 0.2) is 5.79 Å². The summed E-state index contributed by atoms with van der Waals surface area (Å²) in [6, 6.07) is 30.0. The van der Waals surface area contributed by atoms with Crippen LogP contribution in [0.5, 0.6) is 0 Å². The topological polar surface area (TPSA) is 55.8 Å². The Balaban J connectivity index is 1.47. The van der Waals surface area contributed by atoms with E-state index in [9.17, 15) is 9.90 Å². The van der Waals surface area contributed by atoms with Crippen LogP contribution in [-0.4, -0.2) is 29.9 Å². The first-order valence-corrected chi connectivity index (χ1v) is 11.7. The lowest BCUT2D eigenvalue weighted by molar-refractivity contribution is -0.305. The molecule has 0 unspecified atom stereocenters. The number of Topliss-reactive ketones (excluding diaryl/α,β-unsaturated/α-hetero) is 1. The van der Waals surface area contributed by atoms with Gasteiger partial charge in [0.1, 0.15) is 5.78 Å². The van der Waals surface area contributed by atoms with Crippen molar-refractivity contribution in [3.05, 3.63) is 108 Å². The first kappa shape index (κ1) is 22.0. The van der Waals surface area contributed by atoms with Crippen LogP contribution in [0.1, 0.15) is 42.6 Å². The number of ketones is 1. The zero-order chi connectivity index (χ0) is 22.9. The van der Waals surface area contributed by atoms with E-state index < -0.39 is 23.2 Å². The summed E-state index contributed by atoms with van der Waals surface area (Å²) in [6.45, 7) is 2.87. The first-order chi connectivity index (χ1) is 16.1. The molecular formula is C29H30O4. The van der Waals surface area contributed by atoms with Gasteiger partial charge < -0.3 is 14.6 Å². The van der Waals surface area contributed by atoms with Gasteiger partial charge in [0.05, 0.1) is 37.1 Å². The third kappa shape index (κ3) is 3.72. The molecule has 0 radical (unpaired) electrons. The van der Waals surface area contributed by atoms with Crippen LogP contribution in [0.25, 0.3) is 0 Å². The molecule has 2 fully saturated rings. The van der Waals surface area contributed by atoms with Crippen molar-refractivity contribution in [2.24, 2.45) is 11.8 Å². The Labute approximate surface area is 195 Å². The molecule has 170 valence electrons. The van der Waals surface area contributed by atoms with E-state index in [2.05, 4.69) is 24.3 Å². The third-order valence-corrected chi connectivity index (χ3v) is 7.49. The van der Waals surface area contributed by atoms with E-state index in [4.69, 9.17) is 9.47 Å². The monoisotopic (exact) mass is 442 g/mol. The predicted octanol–water partition coefficient (Wildman–Crippen LogP) is 5.06. The van der Waals surface area contributed by atoms with Gasteiger partial charge in [-0.1, -0.05) is 97.9 Å². The second kappa shape index (κ2) is 8.86. The molecule has 4 heteroatoms. The molecule has 1 saturated heterocycles. The lowest BCUT2D eigenvalue weighted by atomic mass is 9.74. The number of benzene rings is 3. The van der Waals surface area contributed by atoms with Crippen molar-refractivity contribution in [2.75, 3.05) is 13.2 Å². The number of hydrogen-bond acceptors (Lipinski definition) is 4. The second-order valence-electron chi connectivity index (χ2n) is 9.24. The predicted molar refractivity (Wildman–Crippen MR) is 127 cm³/mol. The van der Waals surface area contributed by atoms with E-state index in [1.54, 1.807) is 0 Å². The number of carbonyl (C=O) groups is 1. The van der Waals surface area contributed by atoms with Gasteiger partial charge in [-0.25, -0.2) is 0 Å². The number of ether oxygens (including phenoxy) is 2. The quantitative estimate of drug-likeness (QED) is 0.600. The zero-order valence-electron chi connectivity index (χ0n) is 18.9. The van der Waals surface area contributed by atoms with Gasteiger partial charge in [0.25, 0.3) is 0 Å². The van der Waals surface area contributed by atoms with Crippen molar-refractivity contribution in [1.82, 2.24) is 0 Å². The Morgan fingerprint density at radius 1 is 0.848 bits per heavy atom. The van der Waals surface area contributed by atoms with Gasteiger partial charge in [-0.05, 0) is 23.1 Å². The number of rotatable bonds is 5. The van der Waals surface area contributed by atoms with E-state index in [1.807, 2.05) is 73.7 Å². The summed E-state index contributed by atoms with van der Waals surface area (Å²) in [4.78, 5) is 13.2. The Kier molecular flexibility index (Phi) is 5.92. The smallest absolute Gasteiger partial charge is 0.178 e. The van der Waals surface area contributed by atoms with E-state index >= 15 is 0 Å². The van der Waals surface area contributed by atoms with Crippen molar-refractivity contribution < 1.29 is 19.4 Å². The molecule has 1 N–H and O–H groups in total. The maximum atomic E-state index is 13.2. The molecule has 4 nitrogen and oxygen atoms in total. The summed E-state index contributed by atoms with van der Waals surface area (Å²) in [5.41, 5.74) is 2.56. The van der Waals surface area contributed by atoms with Gasteiger partial charge in [0, 0.05) is 5.92 Å². The maximum Gasteiger partial charge on any atom is 0.178 e. The molecule has 5 rings (SSSR count). The van der Waals surface area contributed by atoms with Gasteiger partial charge in [-0.3, -0.25) is 4.79 Å². The number of aliphatic hydroxyl groups is 1. The average molecular weight is 443 g/mol. The number of aliphatic hydroxyl groups excluding tert-OH is 1. The largest absolute Gasteiger partial charge is 0.388 e. The Morgan fingerprint density at radius 3 is 1.82 bits per heavy atom. The Hall–Kier alpha value is -2.79. The summed E-state index contributed by atoms with van der Waals surface area (Å²) in [5.74, 6) is -1.76. The minimum atomic E-state index is -1.00. The minimum absolute atomic E-state index is 0.00475. The molecule has 33 heavy (non-hydrogen) atoms. The second-order valence-corrected chi connectivity index (χ2v) is 9.24. The molecule has 0 aromatic heterocycles. The number of hydrogen-bond donors (Lipinski definition) is 1. The highest BCUT2D eigenvalue weighted by molar-refractivity contribution is 5.85. The molecule has 3 aromatic rings. The van der Waals surface area contributed by atoms with Crippen LogP contribution in [-0.2, 0) is 19.7 Å².